The molecule has 0 fully saturated rings. The molecule has 9 heteroatoms. The van der Waals surface area contributed by atoms with Crippen molar-refractivity contribution in [2.75, 3.05) is 5.32 Å². The molecule has 1 aromatic heterocycles. The maximum Gasteiger partial charge on any atom is 0.352 e. The second-order valence-corrected chi connectivity index (χ2v) is 6.16. The standard InChI is InChI=1S/C14H13Cl2N3O3S/c1-3-10-12(23-19-18-10)14(21)22-7(2)13(20)17-11-5-4-8(15)6-9(11)16/h4-7H,3H2,1-2H3,(H,17,20)/t7-/m0/s1. The fraction of sp³-hybridized carbons (Fsp3) is 0.286. The summed E-state index contributed by atoms with van der Waals surface area (Å²) >= 11 is 12.7. The maximum absolute atomic E-state index is 12.1. The summed E-state index contributed by atoms with van der Waals surface area (Å²) in [4.78, 5) is 24.5. The number of esters is 1. The monoisotopic (exact) mass is 373 g/mol. The molecular weight excluding hydrogens is 361 g/mol. The number of anilines is 1. The minimum Gasteiger partial charge on any atom is -0.448 e. The number of aryl methyl sites for hydroxylation is 1. The summed E-state index contributed by atoms with van der Waals surface area (Å²) in [5.41, 5.74) is 0.936. The maximum atomic E-state index is 12.1. The van der Waals surface area contributed by atoms with Crippen molar-refractivity contribution in [3.05, 3.63) is 38.8 Å². The van der Waals surface area contributed by atoms with Gasteiger partial charge in [0.15, 0.2) is 11.0 Å². The molecule has 0 spiro atoms. The van der Waals surface area contributed by atoms with Crippen molar-refractivity contribution in [1.29, 1.82) is 0 Å². The fourth-order valence-electron chi connectivity index (χ4n) is 1.69. The van der Waals surface area contributed by atoms with Crippen LogP contribution in [0.5, 0.6) is 0 Å². The summed E-state index contributed by atoms with van der Waals surface area (Å²) in [5.74, 6) is -1.13. The van der Waals surface area contributed by atoms with Crippen LogP contribution in [0.1, 0.15) is 29.2 Å². The van der Waals surface area contributed by atoms with Gasteiger partial charge in [0, 0.05) is 5.02 Å². The summed E-state index contributed by atoms with van der Waals surface area (Å²) in [6.45, 7) is 3.32. The Balaban J connectivity index is 2.01. The topological polar surface area (TPSA) is 81.2 Å². The molecular formula is C14H13Cl2N3O3S. The summed E-state index contributed by atoms with van der Waals surface area (Å²) in [6.07, 6.45) is -0.442. The molecule has 0 aliphatic rings. The number of carbonyl (C=O) groups excluding carboxylic acids is 2. The Morgan fingerprint density at radius 3 is 2.78 bits per heavy atom. The number of halogens is 2. The molecule has 0 unspecified atom stereocenters. The predicted octanol–water partition coefficient (Wildman–Crippen LogP) is 3.59. The van der Waals surface area contributed by atoms with E-state index in [-0.39, 0.29) is 0 Å². The van der Waals surface area contributed by atoms with Gasteiger partial charge in [0.05, 0.1) is 16.4 Å². The molecule has 2 aromatic rings. The molecule has 0 bridgehead atoms. The lowest BCUT2D eigenvalue weighted by Gasteiger charge is -2.14. The van der Waals surface area contributed by atoms with E-state index >= 15 is 0 Å². The molecule has 1 N–H and O–H groups in total. The Labute approximate surface area is 146 Å². The zero-order valence-corrected chi connectivity index (χ0v) is 14.6. The van der Waals surface area contributed by atoms with Crippen LogP contribution in [-0.2, 0) is 16.0 Å². The van der Waals surface area contributed by atoms with Gasteiger partial charge in [-0.3, -0.25) is 4.79 Å². The van der Waals surface area contributed by atoms with Crippen molar-refractivity contribution in [2.45, 2.75) is 26.4 Å². The minimum atomic E-state index is -0.999. The first-order valence-corrected chi connectivity index (χ1v) is 8.23. The number of hydrogen-bond donors (Lipinski definition) is 1. The number of benzene rings is 1. The van der Waals surface area contributed by atoms with Crippen molar-refractivity contribution in [2.24, 2.45) is 0 Å². The van der Waals surface area contributed by atoms with Crippen LogP contribution in [0.4, 0.5) is 5.69 Å². The Bertz CT molecular complexity index is 736. The number of aromatic nitrogens is 2. The quantitative estimate of drug-likeness (QED) is 0.809. The number of nitrogens with zero attached hydrogens (tertiary/aromatic N) is 2. The van der Waals surface area contributed by atoms with Gasteiger partial charge in [0.2, 0.25) is 0 Å². The highest BCUT2D eigenvalue weighted by Gasteiger charge is 2.23. The number of hydrogen-bond acceptors (Lipinski definition) is 6. The van der Waals surface area contributed by atoms with Crippen LogP contribution in [-0.4, -0.2) is 27.6 Å². The van der Waals surface area contributed by atoms with Crippen LogP contribution < -0.4 is 5.32 Å². The van der Waals surface area contributed by atoms with E-state index in [4.69, 9.17) is 27.9 Å². The highest BCUT2D eigenvalue weighted by atomic mass is 35.5. The molecule has 1 aromatic carbocycles. The second-order valence-electron chi connectivity index (χ2n) is 4.56. The molecule has 6 nitrogen and oxygen atoms in total. The van der Waals surface area contributed by atoms with Crippen LogP contribution in [0.3, 0.4) is 0 Å². The van der Waals surface area contributed by atoms with E-state index < -0.39 is 18.0 Å². The largest absolute Gasteiger partial charge is 0.448 e. The smallest absolute Gasteiger partial charge is 0.352 e. The molecule has 2 rings (SSSR count). The summed E-state index contributed by atoms with van der Waals surface area (Å²) in [5, 5.41) is 7.17. The van der Waals surface area contributed by atoms with Gasteiger partial charge < -0.3 is 10.1 Å². The van der Waals surface area contributed by atoms with Gasteiger partial charge in [0.1, 0.15) is 0 Å². The summed E-state index contributed by atoms with van der Waals surface area (Å²) < 4.78 is 8.86. The van der Waals surface area contributed by atoms with E-state index in [0.29, 0.717) is 32.7 Å². The molecule has 0 aliphatic heterocycles. The van der Waals surface area contributed by atoms with Gasteiger partial charge in [-0.2, -0.15) is 0 Å². The molecule has 0 aliphatic carbocycles. The molecule has 122 valence electrons. The zero-order valence-electron chi connectivity index (χ0n) is 12.3. The van der Waals surface area contributed by atoms with Crippen molar-refractivity contribution in [3.8, 4) is 0 Å². The lowest BCUT2D eigenvalue weighted by Crippen LogP contribution is -2.30. The van der Waals surface area contributed by atoms with Crippen molar-refractivity contribution >= 4 is 52.3 Å². The van der Waals surface area contributed by atoms with Gasteiger partial charge in [-0.25, -0.2) is 4.79 Å². The number of nitrogens with one attached hydrogen (secondary N) is 1. The van der Waals surface area contributed by atoms with E-state index in [1.807, 2.05) is 6.92 Å². The normalized spacial score (nSPS) is 11.8. The van der Waals surface area contributed by atoms with E-state index in [1.165, 1.54) is 13.0 Å². The van der Waals surface area contributed by atoms with Crippen LogP contribution >= 0.6 is 34.7 Å². The SMILES string of the molecule is CCc1nnsc1C(=O)O[C@@H](C)C(=O)Nc1ccc(Cl)cc1Cl. The first-order valence-electron chi connectivity index (χ1n) is 6.70. The van der Waals surface area contributed by atoms with Gasteiger partial charge in [0.25, 0.3) is 5.91 Å². The third kappa shape index (κ3) is 4.40. The molecule has 0 radical (unpaired) electrons. The molecule has 23 heavy (non-hydrogen) atoms. The van der Waals surface area contributed by atoms with E-state index in [1.54, 1.807) is 12.1 Å². The van der Waals surface area contributed by atoms with Crippen molar-refractivity contribution in [1.82, 2.24) is 9.59 Å². The second kappa shape index (κ2) is 7.72. The van der Waals surface area contributed by atoms with Crippen LogP contribution in [0.25, 0.3) is 0 Å². The number of ether oxygens (including phenoxy) is 1. The number of carbonyl (C=O) groups is 2. The third-order valence-electron chi connectivity index (χ3n) is 2.92. The number of rotatable bonds is 5. The van der Waals surface area contributed by atoms with Gasteiger partial charge in [-0.05, 0) is 43.1 Å². The predicted molar refractivity (Wildman–Crippen MR) is 89.3 cm³/mol. The highest BCUT2D eigenvalue weighted by molar-refractivity contribution is 7.07. The van der Waals surface area contributed by atoms with Crippen molar-refractivity contribution in [3.63, 3.8) is 0 Å². The van der Waals surface area contributed by atoms with Crippen LogP contribution in [0.2, 0.25) is 10.0 Å². The van der Waals surface area contributed by atoms with E-state index in [9.17, 15) is 9.59 Å². The van der Waals surface area contributed by atoms with Gasteiger partial charge >= 0.3 is 5.97 Å². The lowest BCUT2D eigenvalue weighted by molar-refractivity contribution is -0.123. The summed E-state index contributed by atoms with van der Waals surface area (Å²) in [7, 11) is 0. The van der Waals surface area contributed by atoms with Crippen LogP contribution in [0, 0.1) is 0 Å². The highest BCUT2D eigenvalue weighted by Crippen LogP contribution is 2.25. The Hall–Kier alpha value is -1.70. The van der Waals surface area contributed by atoms with Gasteiger partial charge in [-0.15, -0.1) is 5.10 Å². The fourth-order valence-corrected chi connectivity index (χ4v) is 2.78. The molecule has 1 amide bonds. The molecule has 0 saturated carbocycles. The third-order valence-corrected chi connectivity index (χ3v) is 4.21. The van der Waals surface area contributed by atoms with E-state index in [2.05, 4.69) is 14.9 Å². The number of amides is 1. The zero-order chi connectivity index (χ0) is 17.0. The van der Waals surface area contributed by atoms with Crippen molar-refractivity contribution < 1.29 is 14.3 Å². The molecule has 1 atom stereocenters. The summed E-state index contributed by atoms with van der Waals surface area (Å²) in [6, 6.07) is 4.67. The molecule has 0 saturated heterocycles. The minimum absolute atomic E-state index is 0.296. The first-order chi connectivity index (χ1) is 10.9. The molecule has 1 heterocycles. The Morgan fingerprint density at radius 1 is 1.39 bits per heavy atom. The average molecular weight is 374 g/mol. The van der Waals surface area contributed by atoms with E-state index in [0.717, 1.165) is 11.5 Å². The Kier molecular flexibility index (Phi) is 5.92. The lowest BCUT2D eigenvalue weighted by atomic mass is 10.3. The van der Waals surface area contributed by atoms with Gasteiger partial charge in [-0.1, -0.05) is 34.6 Å². The first kappa shape index (κ1) is 17.7. The van der Waals surface area contributed by atoms with Crippen LogP contribution in [0.15, 0.2) is 18.2 Å². The average Bonchev–Trinajstić information content (AvgIpc) is 2.98. The Morgan fingerprint density at radius 2 is 2.13 bits per heavy atom.